The minimum Gasteiger partial charge on any atom is -0.497 e. The Morgan fingerprint density at radius 1 is 1.50 bits per heavy atom. The van der Waals surface area contributed by atoms with Crippen LogP contribution < -0.4 is 14.8 Å². The van der Waals surface area contributed by atoms with Crippen LogP contribution in [0.25, 0.3) is 0 Å². The van der Waals surface area contributed by atoms with Gasteiger partial charge in [0.1, 0.15) is 11.5 Å². The fourth-order valence-corrected chi connectivity index (χ4v) is 2.57. The minimum atomic E-state index is 0.232. The second-order valence-electron chi connectivity index (χ2n) is 5.01. The van der Waals surface area contributed by atoms with Gasteiger partial charge in [-0.15, -0.1) is 0 Å². The molecule has 1 aliphatic rings. The molecular formula is C15H19N3O2. The zero-order valence-electron chi connectivity index (χ0n) is 11.7. The van der Waals surface area contributed by atoms with Crippen molar-refractivity contribution >= 4 is 0 Å². The summed E-state index contributed by atoms with van der Waals surface area (Å²) in [7, 11) is 1.68. The number of aromatic amines is 1. The van der Waals surface area contributed by atoms with E-state index in [1.54, 1.807) is 7.11 Å². The molecule has 2 N–H and O–H groups in total. The molecule has 1 aromatic carbocycles. The summed E-state index contributed by atoms with van der Waals surface area (Å²) in [4.78, 5) is 0. The summed E-state index contributed by atoms with van der Waals surface area (Å²) in [6, 6.07) is 6.45. The van der Waals surface area contributed by atoms with E-state index in [-0.39, 0.29) is 12.1 Å². The van der Waals surface area contributed by atoms with Gasteiger partial charge in [0.05, 0.1) is 19.9 Å². The smallest absolute Gasteiger partial charge is 0.124 e. The van der Waals surface area contributed by atoms with Gasteiger partial charge in [0.2, 0.25) is 0 Å². The second kappa shape index (κ2) is 5.54. The summed E-state index contributed by atoms with van der Waals surface area (Å²) in [5.74, 6) is 1.80. The molecule has 2 aromatic rings. The number of nitrogens with one attached hydrogen (secondary N) is 2. The van der Waals surface area contributed by atoms with E-state index in [1.807, 2.05) is 30.6 Å². The Kier molecular flexibility index (Phi) is 3.60. The van der Waals surface area contributed by atoms with Crippen molar-refractivity contribution in [2.75, 3.05) is 13.7 Å². The highest BCUT2D eigenvalue weighted by Gasteiger charge is 2.24. The molecule has 3 rings (SSSR count). The molecule has 0 radical (unpaired) electrons. The Balaban J connectivity index is 1.82. The average Bonchev–Trinajstić information content (AvgIpc) is 3.01. The molecule has 0 amide bonds. The molecule has 5 heteroatoms. The van der Waals surface area contributed by atoms with Crippen LogP contribution in [0.15, 0.2) is 30.6 Å². The standard InChI is InChI=1S/C15H19N3O2/c1-10(11-8-16-17-9-11)18-14-5-6-20-15-4-3-12(19-2)7-13(14)15/h3-4,7-10,14,18H,5-6H2,1-2H3,(H,16,17). The van der Waals surface area contributed by atoms with E-state index in [9.17, 15) is 0 Å². The quantitative estimate of drug-likeness (QED) is 0.899. The Bertz CT molecular complexity index is 569. The van der Waals surface area contributed by atoms with Crippen molar-refractivity contribution in [2.45, 2.75) is 25.4 Å². The normalized spacial score (nSPS) is 19.0. The van der Waals surface area contributed by atoms with Crippen LogP contribution in [0.4, 0.5) is 0 Å². The summed E-state index contributed by atoms with van der Waals surface area (Å²) in [5, 5.41) is 10.5. The summed E-state index contributed by atoms with van der Waals surface area (Å²) < 4.78 is 11.0. The molecule has 2 atom stereocenters. The lowest BCUT2D eigenvalue weighted by molar-refractivity contribution is 0.245. The number of benzene rings is 1. The molecule has 5 nitrogen and oxygen atoms in total. The van der Waals surface area contributed by atoms with Crippen LogP contribution >= 0.6 is 0 Å². The molecule has 1 aromatic heterocycles. The first kappa shape index (κ1) is 13.0. The van der Waals surface area contributed by atoms with Crippen molar-refractivity contribution in [1.82, 2.24) is 15.5 Å². The van der Waals surface area contributed by atoms with E-state index >= 15 is 0 Å². The lowest BCUT2D eigenvalue weighted by Gasteiger charge is -2.29. The van der Waals surface area contributed by atoms with Crippen LogP contribution in [0.5, 0.6) is 11.5 Å². The number of nitrogens with zero attached hydrogens (tertiary/aromatic N) is 1. The van der Waals surface area contributed by atoms with Crippen LogP contribution in [0.2, 0.25) is 0 Å². The number of rotatable bonds is 4. The number of methoxy groups -OCH3 is 1. The molecule has 1 aliphatic heterocycles. The molecule has 0 bridgehead atoms. The Hall–Kier alpha value is -2.01. The van der Waals surface area contributed by atoms with E-state index in [0.29, 0.717) is 0 Å². The largest absolute Gasteiger partial charge is 0.497 e. The Morgan fingerprint density at radius 2 is 2.40 bits per heavy atom. The fraction of sp³-hybridized carbons (Fsp3) is 0.400. The van der Waals surface area contributed by atoms with Gasteiger partial charge in [-0.3, -0.25) is 5.10 Å². The van der Waals surface area contributed by atoms with Gasteiger partial charge >= 0.3 is 0 Å². The molecule has 106 valence electrons. The van der Waals surface area contributed by atoms with Crippen LogP contribution in [0, 0.1) is 0 Å². The molecule has 0 spiro atoms. The zero-order valence-corrected chi connectivity index (χ0v) is 11.7. The molecule has 0 fully saturated rings. The number of ether oxygens (including phenoxy) is 2. The third-order valence-electron chi connectivity index (χ3n) is 3.73. The van der Waals surface area contributed by atoms with Crippen molar-refractivity contribution in [3.63, 3.8) is 0 Å². The van der Waals surface area contributed by atoms with Crippen molar-refractivity contribution in [1.29, 1.82) is 0 Å². The maximum atomic E-state index is 5.71. The van der Waals surface area contributed by atoms with Gasteiger partial charge in [-0.25, -0.2) is 0 Å². The van der Waals surface area contributed by atoms with E-state index in [0.717, 1.165) is 35.7 Å². The summed E-state index contributed by atoms with van der Waals surface area (Å²) >= 11 is 0. The molecule has 20 heavy (non-hydrogen) atoms. The molecule has 0 aliphatic carbocycles. The first-order chi connectivity index (χ1) is 9.78. The third-order valence-corrected chi connectivity index (χ3v) is 3.73. The average molecular weight is 273 g/mol. The first-order valence-corrected chi connectivity index (χ1v) is 6.83. The van der Waals surface area contributed by atoms with Crippen LogP contribution in [-0.4, -0.2) is 23.9 Å². The van der Waals surface area contributed by atoms with E-state index in [4.69, 9.17) is 9.47 Å². The topological polar surface area (TPSA) is 59.2 Å². The molecule has 0 saturated carbocycles. The Labute approximate surface area is 118 Å². The molecule has 0 saturated heterocycles. The van der Waals surface area contributed by atoms with Gasteiger partial charge < -0.3 is 14.8 Å². The van der Waals surface area contributed by atoms with Crippen molar-refractivity contribution in [3.05, 3.63) is 41.7 Å². The van der Waals surface area contributed by atoms with Crippen LogP contribution in [-0.2, 0) is 0 Å². The van der Waals surface area contributed by atoms with Gasteiger partial charge in [0, 0.05) is 35.8 Å². The number of hydrogen-bond acceptors (Lipinski definition) is 4. The number of aromatic nitrogens is 2. The van der Waals surface area contributed by atoms with Gasteiger partial charge in [-0.1, -0.05) is 0 Å². The van der Waals surface area contributed by atoms with Gasteiger partial charge in [0.25, 0.3) is 0 Å². The van der Waals surface area contributed by atoms with Crippen LogP contribution in [0.1, 0.15) is 36.6 Å². The highest BCUT2D eigenvalue weighted by atomic mass is 16.5. The summed E-state index contributed by atoms with van der Waals surface area (Å²) in [5.41, 5.74) is 2.31. The lowest BCUT2D eigenvalue weighted by Crippen LogP contribution is -2.29. The molecular weight excluding hydrogens is 254 g/mol. The summed E-state index contributed by atoms with van der Waals surface area (Å²) in [6.45, 7) is 2.87. The minimum absolute atomic E-state index is 0.232. The van der Waals surface area contributed by atoms with Gasteiger partial charge in [-0.2, -0.15) is 5.10 Å². The lowest BCUT2D eigenvalue weighted by atomic mass is 9.98. The monoisotopic (exact) mass is 273 g/mol. The van der Waals surface area contributed by atoms with Crippen LogP contribution in [0.3, 0.4) is 0 Å². The van der Waals surface area contributed by atoms with Crippen molar-refractivity contribution in [3.8, 4) is 11.5 Å². The van der Waals surface area contributed by atoms with E-state index in [2.05, 4.69) is 22.4 Å². The van der Waals surface area contributed by atoms with E-state index < -0.39 is 0 Å². The molecule has 2 unspecified atom stereocenters. The first-order valence-electron chi connectivity index (χ1n) is 6.83. The number of fused-ring (bicyclic) bond motifs is 1. The van der Waals surface area contributed by atoms with E-state index in [1.165, 1.54) is 0 Å². The number of hydrogen-bond donors (Lipinski definition) is 2. The maximum absolute atomic E-state index is 5.71. The SMILES string of the molecule is COc1ccc2c(c1)C(NC(C)c1cn[nH]c1)CCO2. The van der Waals surface area contributed by atoms with Crippen molar-refractivity contribution in [2.24, 2.45) is 0 Å². The highest BCUT2D eigenvalue weighted by molar-refractivity contribution is 5.43. The zero-order chi connectivity index (χ0) is 13.9. The Morgan fingerprint density at radius 3 is 3.15 bits per heavy atom. The van der Waals surface area contributed by atoms with Crippen molar-refractivity contribution < 1.29 is 9.47 Å². The predicted molar refractivity (Wildman–Crippen MR) is 76.0 cm³/mol. The molecule has 2 heterocycles. The number of H-pyrrole nitrogens is 1. The van der Waals surface area contributed by atoms with Gasteiger partial charge in [-0.05, 0) is 25.1 Å². The predicted octanol–water partition coefficient (Wildman–Crippen LogP) is 2.59. The fourth-order valence-electron chi connectivity index (χ4n) is 2.57. The van der Waals surface area contributed by atoms with Gasteiger partial charge in [0.15, 0.2) is 0 Å². The maximum Gasteiger partial charge on any atom is 0.124 e. The third kappa shape index (κ3) is 2.49. The summed E-state index contributed by atoms with van der Waals surface area (Å²) in [6.07, 6.45) is 4.72. The highest BCUT2D eigenvalue weighted by Crippen LogP contribution is 2.35. The second-order valence-corrected chi connectivity index (χ2v) is 5.01.